The summed E-state index contributed by atoms with van der Waals surface area (Å²) in [5.41, 5.74) is 2.36. The van der Waals surface area contributed by atoms with Gasteiger partial charge in [-0.15, -0.1) is 11.3 Å². The maximum Gasteiger partial charge on any atom is 0.262 e. The highest BCUT2D eigenvalue weighted by Crippen LogP contribution is 2.35. The number of nitrogens with zero attached hydrogens (tertiary/aromatic N) is 1. The van der Waals surface area contributed by atoms with Crippen LogP contribution in [-0.2, 0) is 4.74 Å². The van der Waals surface area contributed by atoms with Crippen LogP contribution in [0.3, 0.4) is 0 Å². The van der Waals surface area contributed by atoms with Gasteiger partial charge >= 0.3 is 0 Å². The number of hydrogen-bond acceptors (Lipinski definition) is 4. The standard InChI is InChI=1S/C22H23ClN2O2S/c1-15-7-8-17-19(13-15)28-21(20(17)23)22(26)24-14-18(16-5-3-2-4-6-16)25-9-11-27-12-10-25/h2-8,13,18H,9-12,14H2,1H3,(H,24,26). The lowest BCUT2D eigenvalue weighted by atomic mass is 10.0. The third kappa shape index (κ3) is 4.08. The number of thiophene rings is 1. The molecule has 28 heavy (non-hydrogen) atoms. The molecule has 2 heterocycles. The number of aryl methyl sites for hydroxylation is 1. The zero-order valence-electron chi connectivity index (χ0n) is 15.8. The fourth-order valence-electron chi connectivity index (χ4n) is 3.61. The van der Waals surface area contributed by atoms with Gasteiger partial charge in [0.25, 0.3) is 5.91 Å². The maximum atomic E-state index is 12.9. The van der Waals surface area contributed by atoms with Crippen LogP contribution < -0.4 is 5.32 Å². The number of hydrogen-bond donors (Lipinski definition) is 1. The summed E-state index contributed by atoms with van der Waals surface area (Å²) in [5, 5.41) is 4.60. The van der Waals surface area contributed by atoms with E-state index in [2.05, 4.69) is 28.4 Å². The third-order valence-electron chi connectivity index (χ3n) is 5.12. The Morgan fingerprint density at radius 2 is 1.96 bits per heavy atom. The van der Waals surface area contributed by atoms with Crippen molar-refractivity contribution in [3.63, 3.8) is 0 Å². The van der Waals surface area contributed by atoms with Crippen LogP contribution in [0.25, 0.3) is 10.1 Å². The first-order chi connectivity index (χ1) is 13.6. The number of rotatable bonds is 5. The van der Waals surface area contributed by atoms with Gasteiger partial charge in [0.2, 0.25) is 0 Å². The average Bonchev–Trinajstić information content (AvgIpc) is 3.05. The first-order valence-electron chi connectivity index (χ1n) is 9.47. The van der Waals surface area contributed by atoms with Crippen LogP contribution in [0.5, 0.6) is 0 Å². The van der Waals surface area contributed by atoms with Gasteiger partial charge in [-0.25, -0.2) is 0 Å². The molecule has 1 aliphatic heterocycles. The second kappa shape index (κ2) is 8.62. The van der Waals surface area contributed by atoms with E-state index in [1.807, 2.05) is 37.3 Å². The second-order valence-corrected chi connectivity index (χ2v) is 8.46. The molecule has 146 valence electrons. The van der Waals surface area contributed by atoms with Crippen LogP contribution in [0.4, 0.5) is 0 Å². The molecule has 1 fully saturated rings. The highest BCUT2D eigenvalue weighted by Gasteiger charge is 2.24. The second-order valence-electron chi connectivity index (χ2n) is 7.03. The minimum atomic E-state index is -0.113. The van der Waals surface area contributed by atoms with E-state index in [0.717, 1.165) is 42.0 Å². The van der Waals surface area contributed by atoms with E-state index in [9.17, 15) is 4.79 Å². The van der Waals surface area contributed by atoms with Crippen LogP contribution in [-0.4, -0.2) is 43.7 Å². The Bertz CT molecular complexity index is 967. The molecule has 1 atom stereocenters. The lowest BCUT2D eigenvalue weighted by Crippen LogP contribution is -2.43. The Morgan fingerprint density at radius 3 is 2.71 bits per heavy atom. The van der Waals surface area contributed by atoms with Gasteiger partial charge in [-0.1, -0.05) is 54.1 Å². The molecule has 0 spiro atoms. The summed E-state index contributed by atoms with van der Waals surface area (Å²) in [6.45, 7) is 5.74. The number of halogens is 1. The molecule has 0 radical (unpaired) electrons. The molecule has 3 aromatic rings. The Balaban J connectivity index is 1.53. The summed E-state index contributed by atoms with van der Waals surface area (Å²) in [5.74, 6) is -0.113. The van der Waals surface area contributed by atoms with Crippen molar-refractivity contribution in [2.24, 2.45) is 0 Å². The fraction of sp³-hybridized carbons (Fsp3) is 0.318. The number of ether oxygens (including phenoxy) is 1. The number of fused-ring (bicyclic) bond motifs is 1. The summed E-state index contributed by atoms with van der Waals surface area (Å²) in [7, 11) is 0. The fourth-order valence-corrected chi connectivity index (χ4v) is 5.14. The van der Waals surface area contributed by atoms with Crippen LogP contribution in [0.15, 0.2) is 48.5 Å². The van der Waals surface area contributed by atoms with Crippen molar-refractivity contribution in [2.75, 3.05) is 32.8 Å². The number of morpholine rings is 1. The van der Waals surface area contributed by atoms with E-state index in [4.69, 9.17) is 16.3 Å². The smallest absolute Gasteiger partial charge is 0.262 e. The Hall–Kier alpha value is -1.92. The molecule has 1 N–H and O–H groups in total. The molecule has 1 amide bonds. The summed E-state index contributed by atoms with van der Waals surface area (Å²) < 4.78 is 6.54. The predicted molar refractivity (Wildman–Crippen MR) is 115 cm³/mol. The molecule has 1 unspecified atom stereocenters. The molecule has 0 aliphatic carbocycles. The van der Waals surface area contributed by atoms with Gasteiger partial charge in [-0.3, -0.25) is 9.69 Å². The molecule has 4 rings (SSSR count). The predicted octanol–water partition coefficient (Wildman–Crippen LogP) is 4.67. The normalized spacial score (nSPS) is 16.2. The van der Waals surface area contributed by atoms with Crippen molar-refractivity contribution in [3.8, 4) is 0 Å². The van der Waals surface area contributed by atoms with E-state index >= 15 is 0 Å². The van der Waals surface area contributed by atoms with Gasteiger partial charge < -0.3 is 10.1 Å². The van der Waals surface area contributed by atoms with Gasteiger partial charge in [0.1, 0.15) is 4.88 Å². The third-order valence-corrected chi connectivity index (χ3v) is 6.77. The van der Waals surface area contributed by atoms with E-state index in [1.165, 1.54) is 16.9 Å². The molecule has 2 aromatic carbocycles. The zero-order chi connectivity index (χ0) is 19.5. The van der Waals surface area contributed by atoms with Crippen molar-refractivity contribution in [3.05, 3.63) is 69.6 Å². The molecule has 0 saturated carbocycles. The van der Waals surface area contributed by atoms with Gasteiger partial charge in [0, 0.05) is 29.7 Å². The number of amides is 1. The SMILES string of the molecule is Cc1ccc2c(Cl)c(C(=O)NCC(c3ccccc3)N3CCOCC3)sc2c1. The average molecular weight is 415 g/mol. The maximum absolute atomic E-state index is 12.9. The van der Waals surface area contributed by atoms with Crippen LogP contribution in [0.1, 0.15) is 26.8 Å². The Labute approximate surface area is 174 Å². The highest BCUT2D eigenvalue weighted by molar-refractivity contribution is 7.21. The van der Waals surface area contributed by atoms with Gasteiger partial charge in [0.15, 0.2) is 0 Å². The summed E-state index contributed by atoms with van der Waals surface area (Å²) in [6, 6.07) is 16.5. The Kier molecular flexibility index (Phi) is 5.97. The van der Waals surface area contributed by atoms with E-state index in [-0.39, 0.29) is 11.9 Å². The number of carbonyl (C=O) groups is 1. The first-order valence-corrected chi connectivity index (χ1v) is 10.7. The van der Waals surface area contributed by atoms with E-state index < -0.39 is 0 Å². The van der Waals surface area contributed by atoms with Crippen molar-refractivity contribution in [2.45, 2.75) is 13.0 Å². The highest BCUT2D eigenvalue weighted by atomic mass is 35.5. The minimum absolute atomic E-state index is 0.113. The van der Waals surface area contributed by atoms with E-state index in [1.54, 1.807) is 0 Å². The first kappa shape index (κ1) is 19.4. The molecule has 1 saturated heterocycles. The molecular weight excluding hydrogens is 392 g/mol. The van der Waals surface area contributed by atoms with Crippen LogP contribution >= 0.6 is 22.9 Å². The zero-order valence-corrected chi connectivity index (χ0v) is 17.4. The van der Waals surface area contributed by atoms with Crippen molar-refractivity contribution in [1.82, 2.24) is 10.2 Å². The van der Waals surface area contributed by atoms with Gasteiger partial charge in [-0.05, 0) is 24.1 Å². The van der Waals surface area contributed by atoms with Crippen molar-refractivity contribution >= 4 is 38.9 Å². The molecule has 1 aliphatic rings. The van der Waals surface area contributed by atoms with Gasteiger partial charge in [-0.2, -0.15) is 0 Å². The van der Waals surface area contributed by atoms with Gasteiger partial charge in [0.05, 0.1) is 24.3 Å². The van der Waals surface area contributed by atoms with E-state index in [0.29, 0.717) is 16.4 Å². The number of carbonyl (C=O) groups excluding carboxylic acids is 1. The molecule has 4 nitrogen and oxygen atoms in total. The molecule has 0 bridgehead atoms. The van der Waals surface area contributed by atoms with Crippen LogP contribution in [0, 0.1) is 6.92 Å². The topological polar surface area (TPSA) is 41.6 Å². The molecular formula is C22H23ClN2O2S. The summed E-state index contributed by atoms with van der Waals surface area (Å²) >= 11 is 7.96. The van der Waals surface area contributed by atoms with Crippen molar-refractivity contribution < 1.29 is 9.53 Å². The minimum Gasteiger partial charge on any atom is -0.379 e. The van der Waals surface area contributed by atoms with Crippen molar-refractivity contribution in [1.29, 1.82) is 0 Å². The Morgan fingerprint density at radius 1 is 1.21 bits per heavy atom. The monoisotopic (exact) mass is 414 g/mol. The number of benzene rings is 2. The largest absolute Gasteiger partial charge is 0.379 e. The lowest BCUT2D eigenvalue weighted by Gasteiger charge is -2.34. The lowest BCUT2D eigenvalue weighted by molar-refractivity contribution is 0.0162. The van der Waals surface area contributed by atoms with Crippen LogP contribution in [0.2, 0.25) is 5.02 Å². The number of nitrogens with one attached hydrogen (secondary N) is 1. The molecule has 1 aromatic heterocycles. The quantitative estimate of drug-likeness (QED) is 0.659. The summed E-state index contributed by atoms with van der Waals surface area (Å²) in [4.78, 5) is 15.9. The molecule has 6 heteroatoms. The summed E-state index contributed by atoms with van der Waals surface area (Å²) in [6.07, 6.45) is 0.